The molecule has 0 spiro atoms. The van der Waals surface area contributed by atoms with Gasteiger partial charge >= 0.3 is 0 Å². The normalized spacial score (nSPS) is 12.1. The van der Waals surface area contributed by atoms with Crippen molar-refractivity contribution in [1.82, 2.24) is 0 Å². The summed E-state index contributed by atoms with van der Waals surface area (Å²) in [6.07, 6.45) is 1.92. The van der Waals surface area contributed by atoms with Crippen molar-refractivity contribution in [1.29, 1.82) is 5.26 Å². The molecular formula is C14H18ClNO2S. The van der Waals surface area contributed by atoms with Gasteiger partial charge in [0.1, 0.15) is 0 Å². The Labute approximate surface area is 120 Å². The standard InChI is InChI=1S/C14H18ClNO2S/c1-3-9-14(11-16,10-4-2)19(17,18)13-8-6-5-7-12(13)15/h5-8H,3-4,9-10H2,1-2H3. The van der Waals surface area contributed by atoms with Crippen LogP contribution in [0.5, 0.6) is 0 Å². The van der Waals surface area contributed by atoms with E-state index in [4.69, 9.17) is 11.6 Å². The monoisotopic (exact) mass is 299 g/mol. The topological polar surface area (TPSA) is 57.9 Å². The Kier molecular flexibility index (Phi) is 5.39. The van der Waals surface area contributed by atoms with Gasteiger partial charge in [-0.3, -0.25) is 0 Å². The minimum atomic E-state index is -3.76. The average molecular weight is 300 g/mol. The van der Waals surface area contributed by atoms with Crippen molar-refractivity contribution in [2.24, 2.45) is 0 Å². The Balaban J connectivity index is 3.45. The van der Waals surface area contributed by atoms with Crippen LogP contribution in [-0.4, -0.2) is 13.2 Å². The van der Waals surface area contributed by atoms with Gasteiger partial charge in [-0.15, -0.1) is 0 Å². The zero-order chi connectivity index (χ0) is 14.5. The summed E-state index contributed by atoms with van der Waals surface area (Å²) in [7, 11) is -3.76. The van der Waals surface area contributed by atoms with Crippen LogP contribution in [0.1, 0.15) is 39.5 Å². The van der Waals surface area contributed by atoms with E-state index in [0.717, 1.165) is 0 Å². The summed E-state index contributed by atoms with van der Waals surface area (Å²) in [4.78, 5) is 0.0557. The molecule has 0 aliphatic carbocycles. The van der Waals surface area contributed by atoms with Crippen molar-refractivity contribution in [3.8, 4) is 6.07 Å². The molecule has 104 valence electrons. The molecule has 0 bridgehead atoms. The first-order valence-corrected chi connectivity index (χ1v) is 8.21. The van der Waals surface area contributed by atoms with E-state index in [9.17, 15) is 13.7 Å². The third-order valence-corrected chi connectivity index (χ3v) is 6.06. The molecular weight excluding hydrogens is 282 g/mol. The van der Waals surface area contributed by atoms with Crippen molar-refractivity contribution in [3.63, 3.8) is 0 Å². The van der Waals surface area contributed by atoms with Gasteiger partial charge in [0.05, 0.1) is 16.0 Å². The molecule has 0 saturated carbocycles. The Morgan fingerprint density at radius 3 is 2.16 bits per heavy atom. The third kappa shape index (κ3) is 2.93. The number of hydrogen-bond acceptors (Lipinski definition) is 3. The van der Waals surface area contributed by atoms with Crippen LogP contribution in [0.3, 0.4) is 0 Å². The molecule has 0 amide bonds. The zero-order valence-corrected chi connectivity index (χ0v) is 12.8. The van der Waals surface area contributed by atoms with Crippen molar-refractivity contribution < 1.29 is 8.42 Å². The molecule has 0 N–H and O–H groups in total. The van der Waals surface area contributed by atoms with Crippen LogP contribution in [0.25, 0.3) is 0 Å². The van der Waals surface area contributed by atoms with Gasteiger partial charge in [-0.2, -0.15) is 5.26 Å². The van der Waals surface area contributed by atoms with Crippen molar-refractivity contribution in [2.45, 2.75) is 49.2 Å². The fraction of sp³-hybridized carbons (Fsp3) is 0.500. The van der Waals surface area contributed by atoms with Crippen LogP contribution in [0.2, 0.25) is 5.02 Å². The van der Waals surface area contributed by atoms with Gasteiger partial charge in [0.2, 0.25) is 0 Å². The van der Waals surface area contributed by atoms with Gasteiger partial charge in [-0.05, 0) is 25.0 Å². The smallest absolute Gasteiger partial charge is 0.198 e. The molecule has 19 heavy (non-hydrogen) atoms. The second-order valence-corrected chi connectivity index (χ2v) is 7.18. The van der Waals surface area contributed by atoms with Gasteiger partial charge in [0.15, 0.2) is 14.6 Å². The van der Waals surface area contributed by atoms with E-state index in [0.29, 0.717) is 25.7 Å². The Bertz CT molecular complexity index is 569. The van der Waals surface area contributed by atoms with E-state index in [1.165, 1.54) is 12.1 Å². The summed E-state index contributed by atoms with van der Waals surface area (Å²) >= 11 is 5.98. The number of nitriles is 1. The lowest BCUT2D eigenvalue weighted by atomic mass is 9.99. The Hall–Kier alpha value is -1.05. The maximum atomic E-state index is 12.8. The highest BCUT2D eigenvalue weighted by Gasteiger charge is 2.44. The Morgan fingerprint density at radius 1 is 1.21 bits per heavy atom. The summed E-state index contributed by atoms with van der Waals surface area (Å²) < 4.78 is 24.2. The lowest BCUT2D eigenvalue weighted by molar-refractivity contribution is 0.509. The minimum Gasteiger partial charge on any atom is -0.222 e. The van der Waals surface area contributed by atoms with E-state index in [1.807, 2.05) is 19.9 Å². The van der Waals surface area contributed by atoms with Gasteiger partial charge < -0.3 is 0 Å². The first-order valence-electron chi connectivity index (χ1n) is 6.35. The average Bonchev–Trinajstić information content (AvgIpc) is 2.38. The zero-order valence-electron chi connectivity index (χ0n) is 11.2. The molecule has 0 fully saturated rings. The van der Waals surface area contributed by atoms with Crippen molar-refractivity contribution in [2.75, 3.05) is 0 Å². The SMILES string of the molecule is CCCC(C#N)(CCC)S(=O)(=O)c1ccccc1Cl. The molecule has 0 aliphatic rings. The highest BCUT2D eigenvalue weighted by molar-refractivity contribution is 7.93. The van der Waals surface area contributed by atoms with Gasteiger partial charge in [0, 0.05) is 0 Å². The first-order chi connectivity index (χ1) is 8.95. The van der Waals surface area contributed by atoms with Crippen molar-refractivity contribution >= 4 is 21.4 Å². The Morgan fingerprint density at radius 2 is 1.74 bits per heavy atom. The largest absolute Gasteiger partial charge is 0.222 e. The molecule has 5 heteroatoms. The molecule has 0 unspecified atom stereocenters. The molecule has 3 nitrogen and oxygen atoms in total. The second-order valence-electron chi connectivity index (χ2n) is 4.54. The lowest BCUT2D eigenvalue weighted by Gasteiger charge is -2.26. The van der Waals surface area contributed by atoms with E-state index < -0.39 is 14.6 Å². The lowest BCUT2D eigenvalue weighted by Crippen LogP contribution is -2.37. The molecule has 0 aliphatic heterocycles. The quantitative estimate of drug-likeness (QED) is 0.798. The summed E-state index contributed by atoms with van der Waals surface area (Å²) in [5, 5.41) is 9.63. The van der Waals surface area contributed by atoms with Crippen LogP contribution in [0, 0.1) is 11.3 Å². The number of benzene rings is 1. The minimum absolute atomic E-state index is 0.0557. The summed E-state index contributed by atoms with van der Waals surface area (Å²) in [5.41, 5.74) is 0. The molecule has 0 aromatic heterocycles. The van der Waals surface area contributed by atoms with Crippen LogP contribution < -0.4 is 0 Å². The number of nitrogens with zero attached hydrogens (tertiary/aromatic N) is 1. The van der Waals surface area contributed by atoms with Crippen LogP contribution in [0.15, 0.2) is 29.2 Å². The predicted molar refractivity (Wildman–Crippen MR) is 76.8 cm³/mol. The maximum Gasteiger partial charge on any atom is 0.198 e. The summed E-state index contributed by atoms with van der Waals surface area (Å²) in [6, 6.07) is 8.34. The summed E-state index contributed by atoms with van der Waals surface area (Å²) in [5.74, 6) is 0. The van der Waals surface area contributed by atoms with Crippen LogP contribution in [-0.2, 0) is 9.84 Å². The van der Waals surface area contributed by atoms with E-state index in [2.05, 4.69) is 0 Å². The fourth-order valence-electron chi connectivity index (χ4n) is 2.25. The molecule has 0 atom stereocenters. The first kappa shape index (κ1) is 16.0. The number of hydrogen-bond donors (Lipinski definition) is 0. The van der Waals surface area contributed by atoms with Crippen LogP contribution >= 0.6 is 11.6 Å². The van der Waals surface area contributed by atoms with Gasteiger partial charge in [0.25, 0.3) is 0 Å². The van der Waals surface area contributed by atoms with Gasteiger partial charge in [-0.25, -0.2) is 8.42 Å². The number of rotatable bonds is 6. The molecule has 1 aromatic carbocycles. The second kappa shape index (κ2) is 6.40. The molecule has 0 radical (unpaired) electrons. The highest BCUT2D eigenvalue weighted by Crippen LogP contribution is 2.36. The van der Waals surface area contributed by atoms with Gasteiger partial charge in [-0.1, -0.05) is 50.4 Å². The molecule has 0 heterocycles. The highest BCUT2D eigenvalue weighted by atomic mass is 35.5. The number of halogens is 1. The predicted octanol–water partition coefficient (Wildman–Crippen LogP) is 3.98. The molecule has 0 saturated heterocycles. The number of sulfone groups is 1. The van der Waals surface area contributed by atoms with Crippen LogP contribution in [0.4, 0.5) is 0 Å². The summed E-state index contributed by atoms with van der Waals surface area (Å²) in [6.45, 7) is 3.76. The maximum absolute atomic E-state index is 12.8. The van der Waals surface area contributed by atoms with Crippen molar-refractivity contribution in [3.05, 3.63) is 29.3 Å². The molecule has 1 aromatic rings. The third-order valence-electron chi connectivity index (χ3n) is 3.15. The van der Waals surface area contributed by atoms with E-state index in [1.54, 1.807) is 12.1 Å². The van der Waals surface area contributed by atoms with E-state index in [-0.39, 0.29) is 9.92 Å². The fourth-order valence-corrected chi connectivity index (χ4v) is 4.76. The molecule has 1 rings (SSSR count). The van der Waals surface area contributed by atoms with E-state index >= 15 is 0 Å².